The number of hydrogen-bond acceptors (Lipinski definition) is 3. The Labute approximate surface area is 144 Å². The van der Waals surface area contributed by atoms with Crippen LogP contribution in [0.4, 0.5) is 0 Å². The highest BCUT2D eigenvalue weighted by atomic mass is 16.5. The van der Waals surface area contributed by atoms with Gasteiger partial charge in [-0.1, -0.05) is 29.9 Å². The Morgan fingerprint density at radius 3 is 2.62 bits per heavy atom. The molecule has 0 aromatic heterocycles. The predicted octanol–water partition coefficient (Wildman–Crippen LogP) is 4.01. The number of aliphatic hydroxyl groups is 1. The first-order valence-corrected chi connectivity index (χ1v) is 8.82. The third-order valence-corrected chi connectivity index (χ3v) is 5.37. The van der Waals surface area contributed by atoms with Crippen molar-refractivity contribution in [3.05, 3.63) is 35.5 Å². The minimum Gasteiger partial charge on any atom is -0.478 e. The number of hydrogen-bond donors (Lipinski definition) is 2. The van der Waals surface area contributed by atoms with E-state index in [2.05, 4.69) is 32.6 Å². The molecule has 0 aromatic rings. The first-order valence-electron chi connectivity index (χ1n) is 8.82. The van der Waals surface area contributed by atoms with Gasteiger partial charge in [0.25, 0.3) is 0 Å². The maximum Gasteiger partial charge on any atom is 0.331 e. The van der Waals surface area contributed by atoms with E-state index in [-0.39, 0.29) is 23.7 Å². The van der Waals surface area contributed by atoms with Gasteiger partial charge in [-0.3, -0.25) is 0 Å². The molecule has 0 aliphatic carbocycles. The Bertz CT molecular complexity index is 556. The highest BCUT2D eigenvalue weighted by molar-refractivity contribution is 5.86. The standard InChI is InChI=1S/C20H30O4/c1-13-7-5-8-14(2)11-17-16(15(3)19(21)22)12-18(24-17)20(4,23)10-6-9-13/h8-9,16-18,23H,3,5-7,10-12H2,1-2,4H3,(H,21,22)/b13-9+,14-8+/t16-,17-,18-,20+/m0/s1. The summed E-state index contributed by atoms with van der Waals surface area (Å²) in [5.41, 5.74) is 1.77. The van der Waals surface area contributed by atoms with Crippen molar-refractivity contribution in [2.45, 2.75) is 77.1 Å². The van der Waals surface area contributed by atoms with Gasteiger partial charge in [0.05, 0.1) is 17.8 Å². The molecule has 134 valence electrons. The average Bonchev–Trinajstić information content (AvgIpc) is 2.90. The largest absolute Gasteiger partial charge is 0.478 e. The van der Waals surface area contributed by atoms with Gasteiger partial charge in [-0.25, -0.2) is 4.79 Å². The summed E-state index contributed by atoms with van der Waals surface area (Å²) < 4.78 is 6.14. The van der Waals surface area contributed by atoms with Crippen LogP contribution in [0, 0.1) is 5.92 Å². The Balaban J connectivity index is 2.27. The number of allylic oxidation sites excluding steroid dienone is 3. The summed E-state index contributed by atoms with van der Waals surface area (Å²) in [6.07, 6.45) is 8.43. The molecule has 2 N–H and O–H groups in total. The second-order valence-electron chi connectivity index (χ2n) is 7.58. The zero-order valence-electron chi connectivity index (χ0n) is 15.0. The molecule has 1 saturated heterocycles. The van der Waals surface area contributed by atoms with Crippen LogP contribution in [-0.2, 0) is 9.53 Å². The molecule has 0 amide bonds. The van der Waals surface area contributed by atoms with Crippen LogP contribution in [0.3, 0.4) is 0 Å². The van der Waals surface area contributed by atoms with Crippen LogP contribution < -0.4 is 0 Å². The van der Waals surface area contributed by atoms with E-state index in [1.807, 2.05) is 0 Å². The van der Waals surface area contributed by atoms with E-state index in [1.54, 1.807) is 6.92 Å². The van der Waals surface area contributed by atoms with Gasteiger partial charge in [0, 0.05) is 11.5 Å². The number of aliphatic carboxylic acids is 1. The quantitative estimate of drug-likeness (QED) is 0.591. The molecule has 0 unspecified atom stereocenters. The van der Waals surface area contributed by atoms with Gasteiger partial charge in [0.15, 0.2) is 0 Å². The van der Waals surface area contributed by atoms with Crippen molar-refractivity contribution in [1.29, 1.82) is 0 Å². The van der Waals surface area contributed by atoms with Crippen molar-refractivity contribution in [3.8, 4) is 0 Å². The topological polar surface area (TPSA) is 66.8 Å². The number of carboxylic acid groups (broad SMARTS) is 1. The molecule has 24 heavy (non-hydrogen) atoms. The van der Waals surface area contributed by atoms with Gasteiger partial charge in [0.1, 0.15) is 0 Å². The van der Waals surface area contributed by atoms with Gasteiger partial charge in [-0.15, -0.1) is 0 Å². The summed E-state index contributed by atoms with van der Waals surface area (Å²) in [4.78, 5) is 11.4. The molecule has 1 fully saturated rings. The molecule has 4 atom stereocenters. The van der Waals surface area contributed by atoms with E-state index in [4.69, 9.17) is 4.74 Å². The van der Waals surface area contributed by atoms with Crippen LogP contribution in [0.2, 0.25) is 0 Å². The molecule has 0 radical (unpaired) electrons. The molecule has 0 spiro atoms. The molecule has 2 bridgehead atoms. The molecule has 4 heteroatoms. The summed E-state index contributed by atoms with van der Waals surface area (Å²) in [7, 11) is 0. The lowest BCUT2D eigenvalue weighted by Crippen LogP contribution is -2.39. The fourth-order valence-electron chi connectivity index (χ4n) is 3.68. The van der Waals surface area contributed by atoms with Crippen molar-refractivity contribution in [2.75, 3.05) is 0 Å². The van der Waals surface area contributed by atoms with Gasteiger partial charge >= 0.3 is 5.97 Å². The fourth-order valence-corrected chi connectivity index (χ4v) is 3.68. The Hall–Kier alpha value is -1.39. The second kappa shape index (κ2) is 7.66. The molecule has 4 nitrogen and oxygen atoms in total. The first kappa shape index (κ1) is 18.9. The molecule has 2 aliphatic rings. The van der Waals surface area contributed by atoms with E-state index in [0.29, 0.717) is 19.3 Å². The molecule has 0 saturated carbocycles. The molecular formula is C20H30O4. The third-order valence-electron chi connectivity index (χ3n) is 5.37. The Kier molecular flexibility index (Phi) is 6.05. The zero-order chi connectivity index (χ0) is 17.9. The molecule has 0 aromatic carbocycles. The second-order valence-corrected chi connectivity index (χ2v) is 7.58. The number of ether oxygens (including phenoxy) is 1. The predicted molar refractivity (Wildman–Crippen MR) is 94.8 cm³/mol. The Morgan fingerprint density at radius 1 is 1.29 bits per heavy atom. The van der Waals surface area contributed by atoms with Crippen LogP contribution in [0.5, 0.6) is 0 Å². The van der Waals surface area contributed by atoms with Crippen LogP contribution in [0.1, 0.15) is 59.3 Å². The first-order chi connectivity index (χ1) is 11.2. The molecule has 2 rings (SSSR count). The highest BCUT2D eigenvalue weighted by Gasteiger charge is 2.45. The van der Waals surface area contributed by atoms with Gasteiger partial charge in [-0.05, 0) is 59.3 Å². The van der Waals surface area contributed by atoms with Crippen molar-refractivity contribution in [3.63, 3.8) is 0 Å². The van der Waals surface area contributed by atoms with E-state index in [0.717, 1.165) is 19.3 Å². The summed E-state index contributed by atoms with van der Waals surface area (Å²) >= 11 is 0. The summed E-state index contributed by atoms with van der Waals surface area (Å²) in [5, 5.41) is 20.2. The molecular weight excluding hydrogens is 304 g/mol. The summed E-state index contributed by atoms with van der Waals surface area (Å²) in [5.74, 6) is -1.22. The normalized spacial score (nSPS) is 39.4. The van der Waals surface area contributed by atoms with Crippen molar-refractivity contribution >= 4 is 5.97 Å². The lowest BCUT2D eigenvalue weighted by atomic mass is 9.83. The molecule has 2 aliphatic heterocycles. The van der Waals surface area contributed by atoms with E-state index >= 15 is 0 Å². The monoisotopic (exact) mass is 334 g/mol. The maximum absolute atomic E-state index is 11.4. The lowest BCUT2D eigenvalue weighted by Gasteiger charge is -2.29. The number of carboxylic acids is 1. The van der Waals surface area contributed by atoms with Crippen molar-refractivity contribution in [1.82, 2.24) is 0 Å². The van der Waals surface area contributed by atoms with Crippen LogP contribution in [0.25, 0.3) is 0 Å². The average molecular weight is 334 g/mol. The number of fused-ring (bicyclic) bond motifs is 2. The van der Waals surface area contributed by atoms with E-state index in [1.165, 1.54) is 11.1 Å². The van der Waals surface area contributed by atoms with E-state index in [9.17, 15) is 15.0 Å². The van der Waals surface area contributed by atoms with Crippen molar-refractivity contribution < 1.29 is 19.7 Å². The summed E-state index contributed by atoms with van der Waals surface area (Å²) in [6, 6.07) is 0. The van der Waals surface area contributed by atoms with Crippen LogP contribution >= 0.6 is 0 Å². The Morgan fingerprint density at radius 2 is 1.96 bits per heavy atom. The summed E-state index contributed by atoms with van der Waals surface area (Å²) in [6.45, 7) is 9.74. The maximum atomic E-state index is 11.4. The van der Waals surface area contributed by atoms with E-state index < -0.39 is 11.6 Å². The zero-order valence-corrected chi connectivity index (χ0v) is 15.0. The van der Waals surface area contributed by atoms with Crippen LogP contribution in [0.15, 0.2) is 35.5 Å². The van der Waals surface area contributed by atoms with Crippen molar-refractivity contribution in [2.24, 2.45) is 5.92 Å². The van der Waals surface area contributed by atoms with Gasteiger partial charge in [0.2, 0.25) is 0 Å². The van der Waals surface area contributed by atoms with Crippen LogP contribution in [-0.4, -0.2) is 34.0 Å². The number of carbonyl (C=O) groups is 1. The highest BCUT2D eigenvalue weighted by Crippen LogP contribution is 2.40. The minimum atomic E-state index is -0.977. The minimum absolute atomic E-state index is 0.189. The fraction of sp³-hybridized carbons (Fsp3) is 0.650. The van der Waals surface area contributed by atoms with Gasteiger partial charge < -0.3 is 14.9 Å². The van der Waals surface area contributed by atoms with Gasteiger partial charge in [-0.2, -0.15) is 0 Å². The molecule has 2 heterocycles. The smallest absolute Gasteiger partial charge is 0.331 e. The third kappa shape index (κ3) is 4.58. The SMILES string of the molecule is C=C(C(=O)O)[C@@H]1C[C@@H]2O[C@H]1C/C(C)=C/CC/C(C)=C/CC[C@@]2(C)O. The number of rotatable bonds is 2. The lowest BCUT2D eigenvalue weighted by molar-refractivity contribution is -0.133.